The van der Waals surface area contributed by atoms with Crippen LogP contribution in [-0.2, 0) is 9.84 Å². The van der Waals surface area contributed by atoms with Crippen molar-refractivity contribution in [2.24, 2.45) is 5.92 Å². The summed E-state index contributed by atoms with van der Waals surface area (Å²) < 4.78 is 24.0. The molecule has 0 spiro atoms. The topological polar surface area (TPSA) is 89.3 Å². The Labute approximate surface area is 110 Å². The van der Waals surface area contributed by atoms with E-state index in [1.807, 2.05) is 0 Å². The molecule has 0 aliphatic heterocycles. The van der Waals surface area contributed by atoms with Crippen LogP contribution in [0.25, 0.3) is 0 Å². The second-order valence-electron chi connectivity index (χ2n) is 4.30. The van der Waals surface area contributed by atoms with Crippen LogP contribution in [0.5, 0.6) is 0 Å². The van der Waals surface area contributed by atoms with Gasteiger partial charge in [-0.25, -0.2) is 8.42 Å². The standard InChI is InChI=1S/C11H16N2O3S2/c1-3-18(15,16)10-7(12)9(17-11(10)13-2)8(14)6-4-5-6/h6,13H,3-5,12H2,1-2H3. The summed E-state index contributed by atoms with van der Waals surface area (Å²) in [5, 5.41) is 3.28. The Kier molecular flexibility index (Phi) is 3.37. The van der Waals surface area contributed by atoms with E-state index < -0.39 is 9.84 Å². The van der Waals surface area contributed by atoms with Crippen LogP contribution in [0.15, 0.2) is 4.90 Å². The number of anilines is 2. The van der Waals surface area contributed by atoms with Gasteiger partial charge in [-0.1, -0.05) is 6.92 Å². The highest BCUT2D eigenvalue weighted by molar-refractivity contribution is 7.91. The summed E-state index contributed by atoms with van der Waals surface area (Å²) in [5.41, 5.74) is 5.99. The highest BCUT2D eigenvalue weighted by Crippen LogP contribution is 2.43. The summed E-state index contributed by atoms with van der Waals surface area (Å²) in [5.74, 6) is -0.0148. The van der Waals surface area contributed by atoms with Gasteiger partial charge in [0.15, 0.2) is 15.6 Å². The van der Waals surface area contributed by atoms with Crippen LogP contribution < -0.4 is 11.1 Å². The first-order valence-corrected chi connectivity index (χ1v) is 8.26. The molecule has 0 amide bonds. The van der Waals surface area contributed by atoms with Crippen molar-refractivity contribution < 1.29 is 13.2 Å². The van der Waals surface area contributed by atoms with Gasteiger partial charge in [-0.2, -0.15) is 0 Å². The number of thiophene rings is 1. The van der Waals surface area contributed by atoms with E-state index in [4.69, 9.17) is 5.73 Å². The Morgan fingerprint density at radius 1 is 1.50 bits per heavy atom. The Morgan fingerprint density at radius 3 is 2.56 bits per heavy atom. The lowest BCUT2D eigenvalue weighted by Gasteiger charge is -2.04. The maximum atomic E-state index is 12.0. The number of hydrogen-bond donors (Lipinski definition) is 2. The van der Waals surface area contributed by atoms with Gasteiger partial charge in [-0.3, -0.25) is 4.79 Å². The lowest BCUT2D eigenvalue weighted by Crippen LogP contribution is -2.09. The fourth-order valence-electron chi connectivity index (χ4n) is 1.76. The molecular weight excluding hydrogens is 272 g/mol. The Hall–Kier alpha value is -1.08. The molecule has 1 aliphatic rings. The van der Waals surface area contributed by atoms with Gasteiger partial charge in [-0.15, -0.1) is 11.3 Å². The fourth-order valence-corrected chi connectivity index (χ4v) is 4.43. The van der Waals surface area contributed by atoms with Crippen molar-refractivity contribution in [1.82, 2.24) is 0 Å². The minimum Gasteiger partial charge on any atom is -0.396 e. The van der Waals surface area contributed by atoms with Gasteiger partial charge in [0.25, 0.3) is 0 Å². The second kappa shape index (κ2) is 4.55. The zero-order valence-electron chi connectivity index (χ0n) is 10.3. The predicted molar refractivity (Wildman–Crippen MR) is 73.1 cm³/mol. The van der Waals surface area contributed by atoms with E-state index in [0.717, 1.165) is 24.2 Å². The predicted octanol–water partition coefficient (Wildman–Crippen LogP) is 1.76. The van der Waals surface area contributed by atoms with Crippen molar-refractivity contribution in [2.75, 3.05) is 23.9 Å². The molecule has 3 N–H and O–H groups in total. The highest BCUT2D eigenvalue weighted by Gasteiger charge is 2.35. The van der Waals surface area contributed by atoms with Crippen LogP contribution in [0.1, 0.15) is 29.4 Å². The van der Waals surface area contributed by atoms with Crippen LogP contribution in [0.4, 0.5) is 10.7 Å². The van der Waals surface area contributed by atoms with Gasteiger partial charge >= 0.3 is 0 Å². The van der Waals surface area contributed by atoms with Crippen molar-refractivity contribution in [2.45, 2.75) is 24.7 Å². The molecule has 1 aromatic heterocycles. The molecule has 100 valence electrons. The summed E-state index contributed by atoms with van der Waals surface area (Å²) in [6.45, 7) is 1.56. The third kappa shape index (κ3) is 2.12. The molecule has 0 radical (unpaired) electrons. The Balaban J connectivity index is 2.56. The number of nitrogen functional groups attached to an aromatic ring is 1. The summed E-state index contributed by atoms with van der Waals surface area (Å²) >= 11 is 1.14. The molecule has 1 heterocycles. The molecule has 1 saturated carbocycles. The van der Waals surface area contributed by atoms with Crippen LogP contribution in [-0.4, -0.2) is 27.0 Å². The molecule has 1 aliphatic carbocycles. The quantitative estimate of drug-likeness (QED) is 0.806. The first-order chi connectivity index (χ1) is 8.42. The molecule has 7 heteroatoms. The molecule has 0 atom stereocenters. The van der Waals surface area contributed by atoms with E-state index >= 15 is 0 Å². The average molecular weight is 288 g/mol. The van der Waals surface area contributed by atoms with E-state index in [0.29, 0.717) is 9.88 Å². The Morgan fingerprint density at radius 2 is 2.11 bits per heavy atom. The van der Waals surface area contributed by atoms with Gasteiger partial charge in [-0.05, 0) is 12.8 Å². The number of sulfone groups is 1. The van der Waals surface area contributed by atoms with E-state index in [1.54, 1.807) is 14.0 Å². The monoisotopic (exact) mass is 288 g/mol. The summed E-state index contributed by atoms with van der Waals surface area (Å²) in [7, 11) is -1.79. The van der Waals surface area contributed by atoms with Crippen molar-refractivity contribution >= 4 is 37.6 Å². The summed E-state index contributed by atoms with van der Waals surface area (Å²) in [6, 6.07) is 0. The normalized spacial score (nSPS) is 15.7. The van der Waals surface area contributed by atoms with Crippen molar-refractivity contribution in [3.05, 3.63) is 4.88 Å². The highest BCUT2D eigenvalue weighted by atomic mass is 32.2. The maximum absolute atomic E-state index is 12.0. The molecule has 18 heavy (non-hydrogen) atoms. The van der Waals surface area contributed by atoms with Gasteiger partial charge in [0, 0.05) is 13.0 Å². The van der Waals surface area contributed by atoms with Crippen LogP contribution in [0.2, 0.25) is 0 Å². The number of rotatable bonds is 5. The van der Waals surface area contributed by atoms with Gasteiger partial charge in [0.2, 0.25) is 0 Å². The van der Waals surface area contributed by atoms with Crippen LogP contribution in [0, 0.1) is 5.92 Å². The smallest absolute Gasteiger partial charge is 0.183 e. The molecular formula is C11H16N2O3S2. The first kappa shape index (κ1) is 13.4. The summed E-state index contributed by atoms with van der Waals surface area (Å²) in [4.78, 5) is 12.5. The molecule has 1 fully saturated rings. The Bertz CT molecular complexity index is 586. The molecule has 2 rings (SSSR count). The molecule has 5 nitrogen and oxygen atoms in total. The number of Topliss-reactive ketones (excluding diaryl/α,β-unsaturated/α-hetero) is 1. The van der Waals surface area contributed by atoms with E-state index in [-0.39, 0.29) is 28.0 Å². The summed E-state index contributed by atoms with van der Waals surface area (Å²) in [6.07, 6.45) is 1.75. The minimum atomic E-state index is -3.42. The third-order valence-electron chi connectivity index (χ3n) is 2.99. The van der Waals surface area contributed by atoms with Gasteiger partial charge in [0.05, 0.1) is 16.3 Å². The number of nitrogens with one attached hydrogen (secondary N) is 1. The number of nitrogens with two attached hydrogens (primary N) is 1. The minimum absolute atomic E-state index is 0.0217. The molecule has 0 saturated heterocycles. The lowest BCUT2D eigenvalue weighted by atomic mass is 10.2. The van der Waals surface area contributed by atoms with Crippen molar-refractivity contribution in [1.29, 1.82) is 0 Å². The lowest BCUT2D eigenvalue weighted by molar-refractivity contribution is 0.0972. The van der Waals surface area contributed by atoms with E-state index in [1.165, 1.54) is 0 Å². The van der Waals surface area contributed by atoms with Crippen molar-refractivity contribution in [3.8, 4) is 0 Å². The SMILES string of the molecule is CCS(=O)(=O)c1c(NC)sc(C(=O)C2CC2)c1N. The zero-order chi connectivity index (χ0) is 13.5. The maximum Gasteiger partial charge on any atom is 0.183 e. The van der Waals surface area contributed by atoms with Crippen LogP contribution >= 0.6 is 11.3 Å². The average Bonchev–Trinajstić information content (AvgIpc) is 3.12. The zero-order valence-corrected chi connectivity index (χ0v) is 12.0. The second-order valence-corrected chi connectivity index (χ2v) is 7.53. The van der Waals surface area contributed by atoms with Gasteiger partial charge in [0.1, 0.15) is 9.90 Å². The van der Waals surface area contributed by atoms with Crippen LogP contribution in [0.3, 0.4) is 0 Å². The third-order valence-corrected chi connectivity index (χ3v) is 6.16. The van der Waals surface area contributed by atoms with E-state index in [9.17, 15) is 13.2 Å². The van der Waals surface area contributed by atoms with Crippen molar-refractivity contribution in [3.63, 3.8) is 0 Å². The molecule has 0 unspecified atom stereocenters. The number of ketones is 1. The largest absolute Gasteiger partial charge is 0.396 e. The van der Waals surface area contributed by atoms with Gasteiger partial charge < -0.3 is 11.1 Å². The number of carbonyl (C=O) groups is 1. The van der Waals surface area contributed by atoms with E-state index in [2.05, 4.69) is 5.32 Å². The molecule has 0 bridgehead atoms. The molecule has 0 aromatic carbocycles. The number of hydrogen-bond acceptors (Lipinski definition) is 6. The first-order valence-electron chi connectivity index (χ1n) is 5.79. The number of carbonyl (C=O) groups excluding carboxylic acids is 1. The fraction of sp³-hybridized carbons (Fsp3) is 0.545. The molecule has 1 aromatic rings.